The summed E-state index contributed by atoms with van der Waals surface area (Å²) in [5, 5.41) is 23.0. The minimum Gasteiger partial charge on any atom is -0.507 e. The molecule has 9 nitrogen and oxygen atoms in total. The molecule has 2 saturated heterocycles. The Morgan fingerprint density at radius 2 is 1.84 bits per heavy atom. The molecule has 0 unspecified atom stereocenters. The molecule has 3 fully saturated rings. The van der Waals surface area contributed by atoms with Crippen LogP contribution in [0.2, 0.25) is 0 Å². The molecule has 9 heteroatoms. The highest BCUT2D eigenvalue weighted by atomic mass is 16.3. The molecule has 1 atom stereocenters. The zero-order valence-electron chi connectivity index (χ0n) is 17.9. The molecule has 0 bridgehead atoms. The Labute approximate surface area is 186 Å². The molecule has 164 valence electrons. The lowest BCUT2D eigenvalue weighted by Gasteiger charge is -2.33. The molecule has 1 aromatic carbocycles. The quantitative estimate of drug-likeness (QED) is 0.630. The van der Waals surface area contributed by atoms with Crippen LogP contribution in [0.1, 0.15) is 19.3 Å². The largest absolute Gasteiger partial charge is 0.507 e. The van der Waals surface area contributed by atoms with Crippen molar-refractivity contribution in [1.29, 1.82) is 0 Å². The number of anilines is 2. The standard InChI is InChI=1S/C23H26N8O/c32-21-10-16(18-11-22(27-14-26-18)30-7-1-8-30)4-5-17(21)19-12-25-23(29-28-19)31-9-6-24-20(13-31)15-2-3-15/h4-5,10-12,14-15,20,24,32H,1-3,6-9,13H2/t20-/m1/s1. The first-order valence-corrected chi connectivity index (χ1v) is 11.3. The van der Waals surface area contributed by atoms with E-state index in [1.807, 2.05) is 18.2 Å². The second-order valence-electron chi connectivity index (χ2n) is 8.82. The van der Waals surface area contributed by atoms with Gasteiger partial charge in [0.25, 0.3) is 0 Å². The van der Waals surface area contributed by atoms with Gasteiger partial charge in [-0.25, -0.2) is 15.0 Å². The van der Waals surface area contributed by atoms with Gasteiger partial charge in [0, 0.05) is 56.0 Å². The summed E-state index contributed by atoms with van der Waals surface area (Å²) < 4.78 is 0. The van der Waals surface area contributed by atoms with E-state index < -0.39 is 0 Å². The van der Waals surface area contributed by atoms with Crippen molar-refractivity contribution in [1.82, 2.24) is 30.5 Å². The molecule has 0 amide bonds. The topological polar surface area (TPSA) is 103 Å². The Hall–Kier alpha value is -3.33. The zero-order chi connectivity index (χ0) is 21.5. The highest BCUT2D eigenvalue weighted by Crippen LogP contribution is 2.35. The first-order valence-electron chi connectivity index (χ1n) is 11.3. The van der Waals surface area contributed by atoms with Gasteiger partial charge in [0.2, 0.25) is 5.95 Å². The maximum absolute atomic E-state index is 10.7. The van der Waals surface area contributed by atoms with Crippen molar-refractivity contribution in [3.8, 4) is 28.3 Å². The summed E-state index contributed by atoms with van der Waals surface area (Å²) in [5.41, 5.74) is 2.77. The number of hydrogen-bond donors (Lipinski definition) is 2. The lowest BCUT2D eigenvalue weighted by molar-refractivity contribution is 0.414. The van der Waals surface area contributed by atoms with E-state index in [9.17, 15) is 5.11 Å². The summed E-state index contributed by atoms with van der Waals surface area (Å²) in [5.74, 6) is 2.49. The predicted octanol–water partition coefficient (Wildman–Crippen LogP) is 2.10. The van der Waals surface area contributed by atoms with Gasteiger partial charge in [-0.05, 0) is 37.3 Å². The third-order valence-corrected chi connectivity index (χ3v) is 6.63. The molecule has 3 aliphatic rings. The van der Waals surface area contributed by atoms with E-state index in [1.165, 1.54) is 19.3 Å². The van der Waals surface area contributed by atoms with Crippen LogP contribution < -0.4 is 15.1 Å². The number of nitrogens with zero attached hydrogens (tertiary/aromatic N) is 7. The van der Waals surface area contributed by atoms with Crippen molar-refractivity contribution >= 4 is 11.8 Å². The summed E-state index contributed by atoms with van der Waals surface area (Å²) in [6.45, 7) is 4.79. The van der Waals surface area contributed by atoms with Crippen LogP contribution in [-0.2, 0) is 0 Å². The third-order valence-electron chi connectivity index (χ3n) is 6.63. The lowest BCUT2D eigenvalue weighted by Crippen LogP contribution is -2.52. The molecule has 6 rings (SSSR count). The van der Waals surface area contributed by atoms with Crippen LogP contribution in [-0.4, -0.2) is 69.0 Å². The van der Waals surface area contributed by atoms with Gasteiger partial charge < -0.3 is 20.2 Å². The SMILES string of the molecule is Oc1cc(-c2cc(N3CCC3)ncn2)ccc1-c1cnc(N2CCN[C@@H](C3CC3)C2)nn1. The van der Waals surface area contributed by atoms with Crippen molar-refractivity contribution in [2.45, 2.75) is 25.3 Å². The Kier molecular flexibility index (Phi) is 4.83. The minimum absolute atomic E-state index is 0.131. The van der Waals surface area contributed by atoms with Gasteiger partial charge in [-0.2, -0.15) is 0 Å². The van der Waals surface area contributed by atoms with Gasteiger partial charge in [0.05, 0.1) is 11.9 Å². The van der Waals surface area contributed by atoms with E-state index in [4.69, 9.17) is 0 Å². The van der Waals surface area contributed by atoms with Gasteiger partial charge in [0.1, 0.15) is 23.6 Å². The summed E-state index contributed by atoms with van der Waals surface area (Å²) in [6, 6.07) is 7.97. The average molecular weight is 431 g/mol. The maximum Gasteiger partial charge on any atom is 0.245 e. The normalized spacial score (nSPS) is 20.8. The number of benzene rings is 1. The number of piperazine rings is 1. The van der Waals surface area contributed by atoms with Crippen LogP contribution >= 0.6 is 0 Å². The predicted molar refractivity (Wildman–Crippen MR) is 122 cm³/mol. The summed E-state index contributed by atoms with van der Waals surface area (Å²) in [6.07, 6.45) is 7.09. The molecular weight excluding hydrogens is 404 g/mol. The van der Waals surface area contributed by atoms with Crippen LogP contribution in [0.5, 0.6) is 5.75 Å². The van der Waals surface area contributed by atoms with Crippen LogP contribution in [0.4, 0.5) is 11.8 Å². The van der Waals surface area contributed by atoms with Crippen molar-refractivity contribution in [3.63, 3.8) is 0 Å². The van der Waals surface area contributed by atoms with Gasteiger partial charge in [0.15, 0.2) is 0 Å². The van der Waals surface area contributed by atoms with E-state index in [-0.39, 0.29) is 5.75 Å². The first kappa shape index (κ1) is 19.4. The molecule has 0 radical (unpaired) electrons. The number of rotatable bonds is 5. The zero-order valence-corrected chi connectivity index (χ0v) is 17.9. The van der Waals surface area contributed by atoms with Crippen LogP contribution in [0.25, 0.3) is 22.5 Å². The highest BCUT2D eigenvalue weighted by Gasteiger charge is 2.34. The first-order chi connectivity index (χ1) is 15.7. The molecule has 2 aromatic heterocycles. The van der Waals surface area contributed by atoms with Crippen molar-refractivity contribution in [2.75, 3.05) is 42.5 Å². The van der Waals surface area contributed by atoms with E-state index in [1.54, 1.807) is 18.6 Å². The molecule has 4 heterocycles. The van der Waals surface area contributed by atoms with Crippen LogP contribution in [0, 0.1) is 5.92 Å². The number of hydrogen-bond acceptors (Lipinski definition) is 9. The Morgan fingerprint density at radius 3 is 2.56 bits per heavy atom. The van der Waals surface area contributed by atoms with Gasteiger partial charge in [-0.3, -0.25) is 0 Å². The summed E-state index contributed by atoms with van der Waals surface area (Å²) >= 11 is 0. The molecule has 2 N–H and O–H groups in total. The maximum atomic E-state index is 10.7. The van der Waals surface area contributed by atoms with Gasteiger partial charge in [-0.15, -0.1) is 10.2 Å². The number of aromatic nitrogens is 5. The van der Waals surface area contributed by atoms with E-state index in [0.29, 0.717) is 23.2 Å². The third kappa shape index (κ3) is 3.73. The van der Waals surface area contributed by atoms with E-state index >= 15 is 0 Å². The molecule has 1 aliphatic carbocycles. The van der Waals surface area contributed by atoms with Crippen molar-refractivity contribution < 1.29 is 5.11 Å². The fourth-order valence-corrected chi connectivity index (χ4v) is 4.44. The fourth-order valence-electron chi connectivity index (χ4n) is 4.44. The summed E-state index contributed by atoms with van der Waals surface area (Å²) in [7, 11) is 0. The van der Waals surface area contributed by atoms with Crippen molar-refractivity contribution in [2.24, 2.45) is 5.92 Å². The number of phenols is 1. The molecular formula is C23H26N8O. The lowest BCUT2D eigenvalue weighted by atomic mass is 10.1. The number of phenolic OH excluding ortho intramolecular Hbond substituents is 1. The minimum atomic E-state index is 0.131. The second-order valence-corrected chi connectivity index (χ2v) is 8.82. The molecule has 1 saturated carbocycles. The fraction of sp³-hybridized carbons (Fsp3) is 0.435. The van der Waals surface area contributed by atoms with Crippen LogP contribution in [0.15, 0.2) is 36.8 Å². The Morgan fingerprint density at radius 1 is 0.938 bits per heavy atom. The highest BCUT2D eigenvalue weighted by molar-refractivity contribution is 5.73. The molecule has 32 heavy (non-hydrogen) atoms. The average Bonchev–Trinajstić information content (AvgIpc) is 3.64. The van der Waals surface area contributed by atoms with Gasteiger partial charge >= 0.3 is 0 Å². The van der Waals surface area contributed by atoms with E-state index in [0.717, 1.165) is 55.7 Å². The molecule has 3 aromatic rings. The molecule has 2 aliphatic heterocycles. The van der Waals surface area contributed by atoms with Crippen LogP contribution in [0.3, 0.4) is 0 Å². The van der Waals surface area contributed by atoms with Gasteiger partial charge in [-0.1, -0.05) is 6.07 Å². The number of nitrogens with one attached hydrogen (secondary N) is 1. The smallest absolute Gasteiger partial charge is 0.245 e. The van der Waals surface area contributed by atoms with E-state index in [2.05, 4.69) is 40.3 Å². The second kappa shape index (κ2) is 7.98. The number of aromatic hydroxyl groups is 1. The summed E-state index contributed by atoms with van der Waals surface area (Å²) in [4.78, 5) is 17.7. The monoisotopic (exact) mass is 430 g/mol. The molecule has 0 spiro atoms. The Bertz CT molecular complexity index is 1110. The van der Waals surface area contributed by atoms with Crippen molar-refractivity contribution in [3.05, 3.63) is 36.8 Å². The Balaban J connectivity index is 1.20.